The second kappa shape index (κ2) is 6.46. The first-order chi connectivity index (χ1) is 11.2. The third-order valence-electron chi connectivity index (χ3n) is 3.24. The number of hydrogen-bond acceptors (Lipinski definition) is 4. The lowest BCUT2D eigenvalue weighted by Gasteiger charge is -2.09. The van der Waals surface area contributed by atoms with Crippen LogP contribution in [-0.2, 0) is 6.54 Å². The van der Waals surface area contributed by atoms with Gasteiger partial charge in [0.1, 0.15) is 6.07 Å². The van der Waals surface area contributed by atoms with Gasteiger partial charge < -0.3 is 20.1 Å². The predicted molar refractivity (Wildman–Crippen MR) is 84.6 cm³/mol. The average Bonchev–Trinajstić information content (AvgIpc) is 3.01. The number of nitriles is 1. The molecule has 0 aliphatic carbocycles. The number of halogens is 1. The van der Waals surface area contributed by atoms with Crippen LogP contribution in [0.2, 0.25) is 5.02 Å². The first-order valence-corrected chi connectivity index (χ1v) is 7.16. The molecule has 0 fully saturated rings. The van der Waals surface area contributed by atoms with E-state index in [0.717, 1.165) is 5.56 Å². The van der Waals surface area contributed by atoms with E-state index in [9.17, 15) is 4.79 Å². The van der Waals surface area contributed by atoms with Crippen molar-refractivity contribution in [2.24, 2.45) is 0 Å². The van der Waals surface area contributed by atoms with Crippen molar-refractivity contribution in [3.63, 3.8) is 0 Å². The van der Waals surface area contributed by atoms with Crippen LogP contribution in [0.5, 0.6) is 11.5 Å². The quantitative estimate of drug-likeness (QED) is 0.905. The summed E-state index contributed by atoms with van der Waals surface area (Å²) in [7, 11) is 0. The van der Waals surface area contributed by atoms with Gasteiger partial charge in [0.05, 0.1) is 10.6 Å². The van der Waals surface area contributed by atoms with Crippen molar-refractivity contribution in [3.05, 3.63) is 52.5 Å². The highest BCUT2D eigenvalue weighted by Gasteiger charge is 2.13. The second-order valence-corrected chi connectivity index (χ2v) is 5.21. The Balaban J connectivity index is 1.57. The number of rotatable bonds is 3. The van der Waals surface area contributed by atoms with Crippen LogP contribution in [0.4, 0.5) is 10.5 Å². The molecule has 0 bridgehead atoms. The van der Waals surface area contributed by atoms with Crippen LogP contribution in [0, 0.1) is 11.3 Å². The molecule has 3 rings (SSSR count). The maximum absolute atomic E-state index is 11.9. The van der Waals surface area contributed by atoms with Gasteiger partial charge in [-0.1, -0.05) is 17.7 Å². The highest BCUT2D eigenvalue weighted by molar-refractivity contribution is 6.32. The monoisotopic (exact) mass is 329 g/mol. The Morgan fingerprint density at radius 1 is 1.22 bits per heavy atom. The van der Waals surface area contributed by atoms with Crippen molar-refractivity contribution >= 4 is 23.3 Å². The van der Waals surface area contributed by atoms with E-state index in [2.05, 4.69) is 10.6 Å². The van der Waals surface area contributed by atoms with Gasteiger partial charge in [0.15, 0.2) is 11.5 Å². The minimum absolute atomic E-state index is 0.214. The van der Waals surface area contributed by atoms with Crippen LogP contribution >= 0.6 is 11.6 Å². The molecule has 2 aromatic carbocycles. The number of carbonyl (C=O) groups excluding carboxylic acids is 1. The Kier molecular flexibility index (Phi) is 4.22. The van der Waals surface area contributed by atoms with E-state index in [0.29, 0.717) is 34.3 Å². The number of amides is 2. The summed E-state index contributed by atoms with van der Waals surface area (Å²) in [5.74, 6) is 1.37. The molecule has 0 radical (unpaired) electrons. The van der Waals surface area contributed by atoms with Gasteiger partial charge in [-0.05, 0) is 35.9 Å². The standard InChI is InChI=1S/C16H12ClN3O3/c17-13-6-12(3-2-11(13)7-18)20-16(21)19-8-10-1-4-14-15(5-10)23-9-22-14/h1-6H,8-9H2,(H2,19,20,21). The zero-order chi connectivity index (χ0) is 16.2. The summed E-state index contributed by atoms with van der Waals surface area (Å²) in [6, 6.07) is 11.8. The minimum atomic E-state index is -0.372. The van der Waals surface area contributed by atoms with E-state index < -0.39 is 0 Å². The Morgan fingerprint density at radius 2 is 2.04 bits per heavy atom. The van der Waals surface area contributed by atoms with Gasteiger partial charge in [-0.15, -0.1) is 0 Å². The maximum atomic E-state index is 11.9. The Bertz CT molecular complexity index is 802. The summed E-state index contributed by atoms with van der Waals surface area (Å²) in [6.07, 6.45) is 0. The first-order valence-electron chi connectivity index (χ1n) is 6.79. The van der Waals surface area contributed by atoms with Crippen LogP contribution in [0.1, 0.15) is 11.1 Å². The molecular weight excluding hydrogens is 318 g/mol. The van der Waals surface area contributed by atoms with Crippen molar-refractivity contribution < 1.29 is 14.3 Å². The predicted octanol–water partition coefficient (Wildman–Crippen LogP) is 3.26. The van der Waals surface area contributed by atoms with Gasteiger partial charge in [-0.25, -0.2) is 4.79 Å². The molecule has 0 spiro atoms. The fourth-order valence-corrected chi connectivity index (χ4v) is 2.31. The molecule has 0 unspecified atom stereocenters. The average molecular weight is 330 g/mol. The zero-order valence-corrected chi connectivity index (χ0v) is 12.7. The van der Waals surface area contributed by atoms with Gasteiger partial charge in [0, 0.05) is 12.2 Å². The molecule has 1 aliphatic rings. The number of hydrogen-bond donors (Lipinski definition) is 2. The molecule has 116 valence electrons. The van der Waals surface area contributed by atoms with Crippen LogP contribution in [-0.4, -0.2) is 12.8 Å². The molecule has 0 saturated heterocycles. The summed E-state index contributed by atoms with van der Waals surface area (Å²) in [4.78, 5) is 11.9. The van der Waals surface area contributed by atoms with Crippen LogP contribution in [0.15, 0.2) is 36.4 Å². The molecule has 1 aliphatic heterocycles. The van der Waals surface area contributed by atoms with E-state index in [4.69, 9.17) is 26.3 Å². The number of carbonyl (C=O) groups is 1. The van der Waals surface area contributed by atoms with Crippen LogP contribution < -0.4 is 20.1 Å². The Morgan fingerprint density at radius 3 is 2.83 bits per heavy atom. The third-order valence-corrected chi connectivity index (χ3v) is 3.55. The molecule has 6 nitrogen and oxygen atoms in total. The summed E-state index contributed by atoms with van der Waals surface area (Å²) in [6.45, 7) is 0.554. The van der Waals surface area contributed by atoms with Crippen molar-refractivity contribution in [1.29, 1.82) is 5.26 Å². The lowest BCUT2D eigenvalue weighted by atomic mass is 10.2. The van der Waals surface area contributed by atoms with Crippen LogP contribution in [0.25, 0.3) is 0 Å². The summed E-state index contributed by atoms with van der Waals surface area (Å²) >= 11 is 5.92. The molecule has 7 heteroatoms. The lowest BCUT2D eigenvalue weighted by molar-refractivity contribution is 0.174. The topological polar surface area (TPSA) is 83.4 Å². The van der Waals surface area contributed by atoms with Gasteiger partial charge in [0.2, 0.25) is 6.79 Å². The fraction of sp³-hybridized carbons (Fsp3) is 0.125. The van der Waals surface area contributed by atoms with Crippen molar-refractivity contribution in [1.82, 2.24) is 5.32 Å². The van der Waals surface area contributed by atoms with Gasteiger partial charge >= 0.3 is 6.03 Å². The van der Waals surface area contributed by atoms with E-state index in [-0.39, 0.29) is 12.8 Å². The highest BCUT2D eigenvalue weighted by Crippen LogP contribution is 2.32. The van der Waals surface area contributed by atoms with Crippen molar-refractivity contribution in [2.45, 2.75) is 6.54 Å². The number of anilines is 1. The smallest absolute Gasteiger partial charge is 0.319 e. The first kappa shape index (κ1) is 15.0. The lowest BCUT2D eigenvalue weighted by Crippen LogP contribution is -2.28. The van der Waals surface area contributed by atoms with Crippen molar-refractivity contribution in [3.8, 4) is 17.6 Å². The largest absolute Gasteiger partial charge is 0.454 e. The molecule has 0 aromatic heterocycles. The summed E-state index contributed by atoms with van der Waals surface area (Å²) in [5, 5.41) is 14.5. The number of urea groups is 1. The highest BCUT2D eigenvalue weighted by atomic mass is 35.5. The zero-order valence-electron chi connectivity index (χ0n) is 11.9. The fourth-order valence-electron chi connectivity index (χ4n) is 2.09. The van der Waals surface area contributed by atoms with Gasteiger partial charge in [0.25, 0.3) is 0 Å². The van der Waals surface area contributed by atoms with Gasteiger partial charge in [-0.3, -0.25) is 0 Å². The molecule has 2 amide bonds. The van der Waals surface area contributed by atoms with E-state index in [1.54, 1.807) is 18.2 Å². The number of ether oxygens (including phenoxy) is 2. The number of fused-ring (bicyclic) bond motifs is 1. The van der Waals surface area contributed by atoms with E-state index in [1.807, 2.05) is 18.2 Å². The minimum Gasteiger partial charge on any atom is -0.454 e. The number of nitrogens with zero attached hydrogens (tertiary/aromatic N) is 1. The normalized spacial score (nSPS) is 11.7. The molecule has 1 heterocycles. The maximum Gasteiger partial charge on any atom is 0.319 e. The van der Waals surface area contributed by atoms with E-state index in [1.165, 1.54) is 6.07 Å². The van der Waals surface area contributed by atoms with Gasteiger partial charge in [-0.2, -0.15) is 5.26 Å². The molecular formula is C16H12ClN3O3. The molecule has 0 saturated carbocycles. The molecule has 2 N–H and O–H groups in total. The number of nitrogens with one attached hydrogen (secondary N) is 2. The van der Waals surface area contributed by atoms with Crippen LogP contribution in [0.3, 0.4) is 0 Å². The summed E-state index contributed by atoms with van der Waals surface area (Å²) in [5.41, 5.74) is 1.76. The van der Waals surface area contributed by atoms with E-state index >= 15 is 0 Å². The SMILES string of the molecule is N#Cc1ccc(NC(=O)NCc2ccc3c(c2)OCO3)cc1Cl. The number of benzene rings is 2. The molecule has 0 atom stereocenters. The molecule has 23 heavy (non-hydrogen) atoms. The van der Waals surface area contributed by atoms with Crippen molar-refractivity contribution in [2.75, 3.05) is 12.1 Å². The Labute approximate surface area is 137 Å². The Hall–Kier alpha value is -2.91. The second-order valence-electron chi connectivity index (χ2n) is 4.80. The molecule has 2 aromatic rings. The summed E-state index contributed by atoms with van der Waals surface area (Å²) < 4.78 is 10.5. The third kappa shape index (κ3) is 3.47.